The quantitative estimate of drug-likeness (QED) is 0.704. The van der Waals surface area contributed by atoms with Crippen LogP contribution in [-0.4, -0.2) is 41.7 Å². The van der Waals surface area contributed by atoms with Crippen molar-refractivity contribution in [2.75, 3.05) is 26.8 Å². The molecule has 0 bridgehead atoms. The fourth-order valence-corrected chi connectivity index (χ4v) is 3.33. The number of pyridine rings is 2. The van der Waals surface area contributed by atoms with Crippen molar-refractivity contribution in [3.8, 4) is 11.6 Å². The summed E-state index contributed by atoms with van der Waals surface area (Å²) in [6.07, 6.45) is 5.80. The molecule has 128 valence electrons. The van der Waals surface area contributed by atoms with Gasteiger partial charge in [-0.25, -0.2) is 9.97 Å². The van der Waals surface area contributed by atoms with Gasteiger partial charge in [-0.1, -0.05) is 6.07 Å². The second kappa shape index (κ2) is 8.44. The van der Waals surface area contributed by atoms with Gasteiger partial charge in [0.05, 0.1) is 13.7 Å². The Hall–Kier alpha value is -1.66. The second-order valence-corrected chi connectivity index (χ2v) is 6.75. The maximum atomic E-state index is 5.91. The molecule has 1 saturated heterocycles. The van der Waals surface area contributed by atoms with Crippen molar-refractivity contribution in [3.05, 3.63) is 46.8 Å². The number of hydrogen-bond donors (Lipinski definition) is 0. The molecule has 0 saturated carbocycles. The molecule has 0 aliphatic carbocycles. The van der Waals surface area contributed by atoms with Gasteiger partial charge in [-0.2, -0.15) is 0 Å². The molecule has 24 heavy (non-hydrogen) atoms. The summed E-state index contributed by atoms with van der Waals surface area (Å²) in [5, 5.41) is 0. The SMILES string of the molecule is COc1ncccc1CN1CCC(COc2cccnc2Br)CC1. The van der Waals surface area contributed by atoms with Gasteiger partial charge in [0.25, 0.3) is 0 Å². The van der Waals surface area contributed by atoms with Crippen molar-refractivity contribution >= 4 is 15.9 Å². The molecule has 0 radical (unpaired) electrons. The lowest BCUT2D eigenvalue weighted by Crippen LogP contribution is -2.35. The van der Waals surface area contributed by atoms with Gasteiger partial charge in [0, 0.05) is 24.5 Å². The lowest BCUT2D eigenvalue weighted by atomic mass is 9.97. The summed E-state index contributed by atoms with van der Waals surface area (Å²) in [7, 11) is 1.67. The average Bonchev–Trinajstić information content (AvgIpc) is 2.63. The standard InChI is InChI=1S/C18H22BrN3O2/c1-23-18-15(4-2-9-21-18)12-22-10-6-14(7-11-22)13-24-16-5-3-8-20-17(16)19/h2-5,8-9,14H,6-7,10-13H2,1H3. The minimum absolute atomic E-state index is 0.587. The number of methoxy groups -OCH3 is 1. The van der Waals surface area contributed by atoms with E-state index in [1.54, 1.807) is 19.5 Å². The Morgan fingerprint density at radius 1 is 1.17 bits per heavy atom. The van der Waals surface area contributed by atoms with Crippen molar-refractivity contribution in [1.29, 1.82) is 0 Å². The number of nitrogens with zero attached hydrogens (tertiary/aromatic N) is 3. The Bertz CT molecular complexity index is 660. The Labute approximate surface area is 151 Å². The molecule has 3 heterocycles. The summed E-state index contributed by atoms with van der Waals surface area (Å²) in [5.41, 5.74) is 1.15. The molecule has 0 atom stereocenters. The molecule has 1 aliphatic heterocycles. The van der Waals surface area contributed by atoms with Crippen LogP contribution in [0.4, 0.5) is 0 Å². The number of ether oxygens (including phenoxy) is 2. The van der Waals surface area contributed by atoms with E-state index in [9.17, 15) is 0 Å². The van der Waals surface area contributed by atoms with Gasteiger partial charge in [-0.05, 0) is 66.0 Å². The first-order valence-electron chi connectivity index (χ1n) is 8.20. The summed E-state index contributed by atoms with van der Waals surface area (Å²) in [5.74, 6) is 2.13. The fourth-order valence-electron chi connectivity index (χ4n) is 2.97. The fraction of sp³-hybridized carbons (Fsp3) is 0.444. The van der Waals surface area contributed by atoms with Crippen LogP contribution in [0.3, 0.4) is 0 Å². The largest absolute Gasteiger partial charge is 0.490 e. The molecular formula is C18H22BrN3O2. The van der Waals surface area contributed by atoms with E-state index < -0.39 is 0 Å². The van der Waals surface area contributed by atoms with E-state index >= 15 is 0 Å². The summed E-state index contributed by atoms with van der Waals surface area (Å²) >= 11 is 3.42. The van der Waals surface area contributed by atoms with Crippen LogP contribution in [0.1, 0.15) is 18.4 Å². The van der Waals surface area contributed by atoms with Crippen LogP contribution in [0, 0.1) is 5.92 Å². The molecule has 0 unspecified atom stereocenters. The smallest absolute Gasteiger partial charge is 0.217 e. The number of aromatic nitrogens is 2. The van der Waals surface area contributed by atoms with Crippen LogP contribution in [0.2, 0.25) is 0 Å². The first-order valence-corrected chi connectivity index (χ1v) is 8.99. The minimum Gasteiger partial charge on any atom is -0.490 e. The van der Waals surface area contributed by atoms with Crippen LogP contribution in [0.15, 0.2) is 41.3 Å². The van der Waals surface area contributed by atoms with E-state index in [0.717, 1.165) is 60.9 Å². The minimum atomic E-state index is 0.587. The highest BCUT2D eigenvalue weighted by Gasteiger charge is 2.21. The highest BCUT2D eigenvalue weighted by molar-refractivity contribution is 9.10. The maximum absolute atomic E-state index is 5.91. The van der Waals surface area contributed by atoms with Crippen LogP contribution in [0.25, 0.3) is 0 Å². The van der Waals surface area contributed by atoms with Crippen molar-refractivity contribution < 1.29 is 9.47 Å². The second-order valence-electron chi connectivity index (χ2n) is 5.99. The Balaban J connectivity index is 1.47. The predicted octanol–water partition coefficient (Wildman–Crippen LogP) is 3.54. The van der Waals surface area contributed by atoms with Gasteiger partial charge in [0.1, 0.15) is 4.60 Å². The molecule has 2 aromatic heterocycles. The number of hydrogen-bond acceptors (Lipinski definition) is 5. The molecule has 5 nitrogen and oxygen atoms in total. The molecule has 1 aliphatic rings. The summed E-state index contributed by atoms with van der Waals surface area (Å²) < 4.78 is 12.0. The van der Waals surface area contributed by atoms with Gasteiger partial charge in [-0.3, -0.25) is 4.90 Å². The number of likely N-dealkylation sites (tertiary alicyclic amines) is 1. The van der Waals surface area contributed by atoms with Crippen LogP contribution in [-0.2, 0) is 6.54 Å². The number of piperidine rings is 1. The summed E-state index contributed by atoms with van der Waals surface area (Å²) in [4.78, 5) is 10.9. The molecule has 2 aromatic rings. The monoisotopic (exact) mass is 391 g/mol. The maximum Gasteiger partial charge on any atom is 0.217 e. The van der Waals surface area contributed by atoms with Crippen molar-refractivity contribution in [3.63, 3.8) is 0 Å². The van der Waals surface area contributed by atoms with E-state index in [0.29, 0.717) is 5.92 Å². The third kappa shape index (κ3) is 4.45. The average molecular weight is 392 g/mol. The molecule has 0 N–H and O–H groups in total. The Kier molecular flexibility index (Phi) is 6.04. The van der Waals surface area contributed by atoms with E-state index in [1.165, 1.54) is 0 Å². The Morgan fingerprint density at radius 2 is 1.92 bits per heavy atom. The zero-order valence-corrected chi connectivity index (χ0v) is 15.4. The normalized spacial score (nSPS) is 16.1. The van der Waals surface area contributed by atoms with Crippen LogP contribution >= 0.6 is 15.9 Å². The molecule has 6 heteroatoms. The number of rotatable bonds is 6. The summed E-state index contributed by atoms with van der Waals surface area (Å²) in [6.45, 7) is 3.77. The predicted molar refractivity (Wildman–Crippen MR) is 96.2 cm³/mol. The highest BCUT2D eigenvalue weighted by Crippen LogP contribution is 2.25. The lowest BCUT2D eigenvalue weighted by Gasteiger charge is -2.32. The van der Waals surface area contributed by atoms with Gasteiger partial charge in [-0.15, -0.1) is 0 Å². The Morgan fingerprint density at radius 3 is 2.67 bits per heavy atom. The van der Waals surface area contributed by atoms with Crippen LogP contribution in [0.5, 0.6) is 11.6 Å². The van der Waals surface area contributed by atoms with E-state index in [2.05, 4.69) is 36.9 Å². The molecule has 0 spiro atoms. The highest BCUT2D eigenvalue weighted by atomic mass is 79.9. The van der Waals surface area contributed by atoms with Crippen molar-refractivity contribution in [1.82, 2.24) is 14.9 Å². The lowest BCUT2D eigenvalue weighted by molar-refractivity contribution is 0.135. The zero-order chi connectivity index (χ0) is 16.8. The third-order valence-electron chi connectivity index (χ3n) is 4.34. The van der Waals surface area contributed by atoms with Crippen LogP contribution < -0.4 is 9.47 Å². The van der Waals surface area contributed by atoms with Gasteiger partial charge in [0.15, 0.2) is 5.75 Å². The van der Waals surface area contributed by atoms with Crippen molar-refractivity contribution in [2.45, 2.75) is 19.4 Å². The van der Waals surface area contributed by atoms with E-state index in [4.69, 9.17) is 9.47 Å². The summed E-state index contributed by atoms with van der Waals surface area (Å²) in [6, 6.07) is 7.88. The molecular weight excluding hydrogens is 370 g/mol. The topological polar surface area (TPSA) is 47.5 Å². The molecule has 3 rings (SSSR count). The molecule has 0 aromatic carbocycles. The van der Waals surface area contributed by atoms with Gasteiger partial charge in [0.2, 0.25) is 5.88 Å². The van der Waals surface area contributed by atoms with Crippen molar-refractivity contribution in [2.24, 2.45) is 5.92 Å². The molecule has 1 fully saturated rings. The van der Waals surface area contributed by atoms with Gasteiger partial charge >= 0.3 is 0 Å². The van der Waals surface area contributed by atoms with E-state index in [-0.39, 0.29) is 0 Å². The first kappa shape index (κ1) is 17.2. The van der Waals surface area contributed by atoms with Gasteiger partial charge < -0.3 is 9.47 Å². The first-order chi connectivity index (χ1) is 11.8. The zero-order valence-electron chi connectivity index (χ0n) is 13.8. The number of halogens is 1. The third-order valence-corrected chi connectivity index (χ3v) is 4.94. The van der Waals surface area contributed by atoms with E-state index in [1.807, 2.05) is 18.2 Å². The molecule has 0 amide bonds.